The Bertz CT molecular complexity index is 700. The van der Waals surface area contributed by atoms with Crippen LogP contribution in [-0.4, -0.2) is 24.3 Å². The molecule has 0 aromatic heterocycles. The highest BCUT2D eigenvalue weighted by Gasteiger charge is 2.39. The van der Waals surface area contributed by atoms with Gasteiger partial charge in [0.15, 0.2) is 11.6 Å². The summed E-state index contributed by atoms with van der Waals surface area (Å²) in [5.74, 6) is -4.95. The van der Waals surface area contributed by atoms with Gasteiger partial charge in [0.25, 0.3) is 5.79 Å². The average Bonchev–Trinajstić information content (AvgIpc) is 2.44. The quantitative estimate of drug-likeness (QED) is 0.459. The molecule has 1 fully saturated rings. The van der Waals surface area contributed by atoms with Gasteiger partial charge in [-0.25, -0.2) is 18.4 Å². The predicted molar refractivity (Wildman–Crippen MR) is 85.5 cm³/mol. The molecule has 0 radical (unpaired) electrons. The third-order valence-corrected chi connectivity index (χ3v) is 3.40. The normalized spacial score (nSPS) is 16.5. The minimum atomic E-state index is -1.39. The second-order valence-corrected chi connectivity index (χ2v) is 6.57. The largest absolute Gasteiger partial charge is 0.490 e. The lowest BCUT2D eigenvalue weighted by molar-refractivity contribution is -0.222. The molecular weight excluding hydrogens is 334 g/mol. The van der Waals surface area contributed by atoms with Crippen molar-refractivity contribution < 1.29 is 32.6 Å². The van der Waals surface area contributed by atoms with Gasteiger partial charge in [-0.3, -0.25) is 0 Å². The van der Waals surface area contributed by atoms with Gasteiger partial charge in [-0.05, 0) is 24.5 Å². The summed E-state index contributed by atoms with van der Waals surface area (Å²) in [4.78, 5) is 24.0. The van der Waals surface area contributed by atoms with Crippen LogP contribution in [0.2, 0.25) is 0 Å². The van der Waals surface area contributed by atoms with Crippen molar-refractivity contribution >= 4 is 18.0 Å². The van der Waals surface area contributed by atoms with Gasteiger partial charge in [0.1, 0.15) is 11.4 Å². The molecule has 0 unspecified atom stereocenters. The van der Waals surface area contributed by atoms with Crippen LogP contribution in [0.1, 0.15) is 39.7 Å². The van der Waals surface area contributed by atoms with Crippen molar-refractivity contribution in [2.75, 3.05) is 6.61 Å². The van der Waals surface area contributed by atoms with Crippen LogP contribution in [0.4, 0.5) is 8.78 Å². The molecule has 1 aromatic rings. The maximum atomic E-state index is 14.1. The molecule has 0 aliphatic carbocycles. The Kier molecular flexibility index (Phi) is 5.45. The van der Waals surface area contributed by atoms with E-state index < -0.39 is 34.9 Å². The van der Waals surface area contributed by atoms with Gasteiger partial charge in [-0.1, -0.05) is 13.8 Å². The van der Waals surface area contributed by atoms with Gasteiger partial charge in [-0.15, -0.1) is 0 Å². The van der Waals surface area contributed by atoms with Crippen LogP contribution in [0.5, 0.6) is 5.75 Å². The molecule has 1 aromatic carbocycles. The molecule has 0 spiro atoms. The summed E-state index contributed by atoms with van der Waals surface area (Å²) >= 11 is 0. The van der Waals surface area contributed by atoms with E-state index in [0.717, 1.165) is 12.1 Å². The smallest absolute Gasteiger partial charge is 0.348 e. The summed E-state index contributed by atoms with van der Waals surface area (Å²) in [7, 11) is 0. The average molecular weight is 354 g/mol. The highest BCUT2D eigenvalue weighted by atomic mass is 19.1. The predicted octanol–water partition coefficient (Wildman–Crippen LogP) is 3.61. The monoisotopic (exact) mass is 354 g/mol. The van der Waals surface area contributed by atoms with Crippen molar-refractivity contribution in [2.45, 2.75) is 39.9 Å². The zero-order valence-electron chi connectivity index (χ0n) is 14.5. The molecule has 0 bridgehead atoms. The summed E-state index contributed by atoms with van der Waals surface area (Å²) in [5.41, 5.74) is -0.539. The number of hydrogen-bond donors (Lipinski definition) is 0. The molecule has 25 heavy (non-hydrogen) atoms. The Labute approximate surface area is 144 Å². The molecule has 136 valence electrons. The second kappa shape index (κ2) is 7.21. The number of carbonyl (C=O) groups is 2. The molecule has 1 heterocycles. The summed E-state index contributed by atoms with van der Waals surface area (Å²) in [6.07, 6.45) is 1.67. The fourth-order valence-electron chi connectivity index (χ4n) is 2.17. The van der Waals surface area contributed by atoms with E-state index in [2.05, 4.69) is 0 Å². The van der Waals surface area contributed by atoms with Gasteiger partial charge in [-0.2, -0.15) is 0 Å². The fraction of sp³-hybridized carbons (Fsp3) is 0.444. The first kappa shape index (κ1) is 18.9. The molecule has 0 saturated carbocycles. The number of benzene rings is 1. The Hall–Kier alpha value is -2.44. The van der Waals surface area contributed by atoms with E-state index in [4.69, 9.17) is 14.2 Å². The number of rotatable bonds is 5. The number of hydrogen-bond acceptors (Lipinski definition) is 5. The molecule has 0 amide bonds. The topological polar surface area (TPSA) is 61.8 Å². The molecule has 0 atom stereocenters. The first-order chi connectivity index (χ1) is 11.6. The fourth-order valence-corrected chi connectivity index (χ4v) is 2.17. The van der Waals surface area contributed by atoms with E-state index in [0.29, 0.717) is 18.4 Å². The lowest BCUT2D eigenvalue weighted by Crippen LogP contribution is -2.41. The summed E-state index contributed by atoms with van der Waals surface area (Å²) in [5, 5.41) is 0. The van der Waals surface area contributed by atoms with Gasteiger partial charge in [0.2, 0.25) is 0 Å². The first-order valence-corrected chi connectivity index (χ1v) is 7.89. The van der Waals surface area contributed by atoms with E-state index in [9.17, 15) is 18.4 Å². The highest BCUT2D eigenvalue weighted by molar-refractivity contribution is 6.19. The zero-order valence-corrected chi connectivity index (χ0v) is 14.5. The van der Waals surface area contributed by atoms with E-state index in [1.165, 1.54) is 13.8 Å². The van der Waals surface area contributed by atoms with E-state index in [1.807, 2.05) is 13.8 Å². The van der Waals surface area contributed by atoms with E-state index in [1.54, 1.807) is 0 Å². The molecular formula is C18H20F2O5. The lowest BCUT2D eigenvalue weighted by atomic mass is 10.1. The van der Waals surface area contributed by atoms with E-state index in [-0.39, 0.29) is 17.9 Å². The van der Waals surface area contributed by atoms with Gasteiger partial charge in [0.05, 0.1) is 6.61 Å². The number of esters is 2. The molecule has 2 rings (SSSR count). The van der Waals surface area contributed by atoms with Gasteiger partial charge >= 0.3 is 11.9 Å². The third kappa shape index (κ3) is 4.78. The molecule has 5 nitrogen and oxygen atoms in total. The highest BCUT2D eigenvalue weighted by Crippen LogP contribution is 2.30. The maximum Gasteiger partial charge on any atom is 0.348 e. The molecule has 7 heteroatoms. The number of ether oxygens (including phenoxy) is 3. The Morgan fingerprint density at radius 3 is 2.32 bits per heavy atom. The second-order valence-electron chi connectivity index (χ2n) is 6.57. The zero-order chi connectivity index (χ0) is 18.8. The summed E-state index contributed by atoms with van der Waals surface area (Å²) in [6, 6.07) is 1.65. The van der Waals surface area contributed by atoms with Crippen LogP contribution in [-0.2, 0) is 19.1 Å². The number of carbonyl (C=O) groups excluding carboxylic acids is 2. The SMILES string of the molecule is CC(C)CCOc1c(F)cc(F)cc1C=C1C(=O)OC(C)(C)OC1=O. The molecule has 1 saturated heterocycles. The van der Waals surface area contributed by atoms with Crippen molar-refractivity contribution in [1.29, 1.82) is 0 Å². The minimum absolute atomic E-state index is 0.0788. The Morgan fingerprint density at radius 2 is 1.76 bits per heavy atom. The van der Waals surface area contributed by atoms with Crippen LogP contribution in [0.25, 0.3) is 6.08 Å². The molecule has 1 aliphatic heterocycles. The molecule has 0 N–H and O–H groups in total. The van der Waals surface area contributed by atoms with E-state index >= 15 is 0 Å². The van der Waals surface area contributed by atoms with Crippen LogP contribution >= 0.6 is 0 Å². The van der Waals surface area contributed by atoms with Crippen molar-refractivity contribution in [2.24, 2.45) is 5.92 Å². The number of cyclic esters (lactones) is 2. The van der Waals surface area contributed by atoms with Crippen LogP contribution in [0.3, 0.4) is 0 Å². The summed E-state index contributed by atoms with van der Waals surface area (Å²) in [6.45, 7) is 6.97. The minimum Gasteiger partial charge on any atom is -0.490 e. The van der Waals surface area contributed by atoms with Crippen LogP contribution in [0, 0.1) is 17.6 Å². The Balaban J connectivity index is 2.37. The lowest BCUT2D eigenvalue weighted by Gasteiger charge is -2.29. The maximum absolute atomic E-state index is 14.1. The van der Waals surface area contributed by atoms with Crippen molar-refractivity contribution in [3.8, 4) is 5.75 Å². The Morgan fingerprint density at radius 1 is 1.16 bits per heavy atom. The first-order valence-electron chi connectivity index (χ1n) is 7.89. The third-order valence-electron chi connectivity index (χ3n) is 3.40. The van der Waals surface area contributed by atoms with Crippen molar-refractivity contribution in [1.82, 2.24) is 0 Å². The van der Waals surface area contributed by atoms with Crippen molar-refractivity contribution in [3.63, 3.8) is 0 Å². The van der Waals surface area contributed by atoms with Crippen LogP contribution < -0.4 is 4.74 Å². The van der Waals surface area contributed by atoms with Crippen molar-refractivity contribution in [3.05, 3.63) is 34.9 Å². The molecule has 1 aliphatic rings. The van der Waals surface area contributed by atoms with Gasteiger partial charge < -0.3 is 14.2 Å². The standard InChI is InChI=1S/C18H20F2O5/c1-10(2)5-6-23-15-11(7-12(19)9-14(15)20)8-13-16(21)24-18(3,4)25-17(13)22/h7-10H,5-6H2,1-4H3. The van der Waals surface area contributed by atoms with Gasteiger partial charge in [0, 0.05) is 25.5 Å². The summed E-state index contributed by atoms with van der Waals surface area (Å²) < 4.78 is 43.0. The van der Waals surface area contributed by atoms with Crippen LogP contribution in [0.15, 0.2) is 17.7 Å². The number of halogens is 2.